The quantitative estimate of drug-likeness (QED) is 0.662. The maximum atomic E-state index is 11.1. The molecule has 0 radical (unpaired) electrons. The van der Waals surface area contributed by atoms with Gasteiger partial charge in [0.05, 0.1) is 4.92 Å². The molecule has 0 bridgehead atoms. The van der Waals surface area contributed by atoms with Crippen LogP contribution in [0.1, 0.15) is 16.8 Å². The number of aromatic carboxylic acids is 1. The van der Waals surface area contributed by atoms with Gasteiger partial charge < -0.3 is 14.9 Å². The molecule has 1 unspecified atom stereocenters. The number of hydrogen-bond donors (Lipinski definition) is 1. The smallest absolute Gasteiger partial charge is 0.342 e. The number of nitrogens with zero attached hydrogens (tertiary/aromatic N) is 3. The minimum atomic E-state index is -1.28. The van der Waals surface area contributed by atoms with Crippen LogP contribution in [0.3, 0.4) is 0 Å². The van der Waals surface area contributed by atoms with E-state index in [4.69, 9.17) is 5.11 Å². The average Bonchev–Trinajstić information content (AvgIpc) is 2.87. The van der Waals surface area contributed by atoms with E-state index in [9.17, 15) is 14.9 Å². The zero-order valence-corrected chi connectivity index (χ0v) is 11.4. The SMILES string of the molecule is CN(C)C1CCN(c2ccc([N+](=O)[O-])c(C(=O)O)c2)C1. The fourth-order valence-electron chi connectivity index (χ4n) is 2.45. The summed E-state index contributed by atoms with van der Waals surface area (Å²) in [6.45, 7) is 1.61. The minimum absolute atomic E-state index is 0.263. The second kappa shape index (κ2) is 5.46. The van der Waals surface area contributed by atoms with Crippen LogP contribution in [0.2, 0.25) is 0 Å². The van der Waals surface area contributed by atoms with Crippen LogP contribution in [0.5, 0.6) is 0 Å². The van der Waals surface area contributed by atoms with Crippen LogP contribution < -0.4 is 4.90 Å². The summed E-state index contributed by atoms with van der Waals surface area (Å²) in [6, 6.07) is 4.68. The van der Waals surface area contributed by atoms with Gasteiger partial charge in [-0.05, 0) is 32.6 Å². The van der Waals surface area contributed by atoms with E-state index in [1.807, 2.05) is 14.1 Å². The molecular weight excluding hydrogens is 262 g/mol. The number of carbonyl (C=O) groups is 1. The second-order valence-electron chi connectivity index (χ2n) is 5.12. The van der Waals surface area contributed by atoms with Crippen molar-refractivity contribution in [3.05, 3.63) is 33.9 Å². The van der Waals surface area contributed by atoms with Gasteiger partial charge >= 0.3 is 5.97 Å². The fourth-order valence-corrected chi connectivity index (χ4v) is 2.45. The second-order valence-corrected chi connectivity index (χ2v) is 5.12. The van der Waals surface area contributed by atoms with Crippen molar-refractivity contribution in [2.45, 2.75) is 12.5 Å². The Kier molecular flexibility index (Phi) is 3.89. The number of carboxylic acid groups (broad SMARTS) is 1. The molecule has 1 aromatic carbocycles. The summed E-state index contributed by atoms with van der Waals surface area (Å²) >= 11 is 0. The van der Waals surface area contributed by atoms with Gasteiger partial charge in [-0.2, -0.15) is 0 Å². The third-order valence-electron chi connectivity index (χ3n) is 3.67. The Morgan fingerprint density at radius 3 is 2.70 bits per heavy atom. The van der Waals surface area contributed by atoms with Crippen LogP contribution in [0.4, 0.5) is 11.4 Å². The minimum Gasteiger partial charge on any atom is -0.477 e. The monoisotopic (exact) mass is 279 g/mol. The topological polar surface area (TPSA) is 86.9 Å². The molecule has 7 nitrogen and oxygen atoms in total. The highest BCUT2D eigenvalue weighted by Gasteiger charge is 2.27. The molecule has 1 aliphatic rings. The first-order valence-electron chi connectivity index (χ1n) is 6.33. The number of carboxylic acids is 1. The van der Waals surface area contributed by atoms with Crippen LogP contribution in [0.25, 0.3) is 0 Å². The van der Waals surface area contributed by atoms with Crippen molar-refractivity contribution in [2.75, 3.05) is 32.1 Å². The molecule has 1 aromatic rings. The van der Waals surface area contributed by atoms with E-state index in [0.29, 0.717) is 6.04 Å². The van der Waals surface area contributed by atoms with Gasteiger partial charge in [-0.3, -0.25) is 10.1 Å². The Bertz CT molecular complexity index is 544. The van der Waals surface area contributed by atoms with E-state index in [0.717, 1.165) is 25.2 Å². The van der Waals surface area contributed by atoms with Gasteiger partial charge in [0, 0.05) is 30.9 Å². The molecule has 1 aliphatic heterocycles. The van der Waals surface area contributed by atoms with Crippen molar-refractivity contribution in [3.63, 3.8) is 0 Å². The van der Waals surface area contributed by atoms with Crippen LogP contribution in [0.15, 0.2) is 18.2 Å². The summed E-state index contributed by atoms with van der Waals surface area (Å²) in [5, 5.41) is 19.9. The largest absolute Gasteiger partial charge is 0.477 e. The van der Waals surface area contributed by atoms with Crippen LogP contribution in [-0.4, -0.2) is 54.1 Å². The molecule has 1 saturated heterocycles. The van der Waals surface area contributed by atoms with Crippen LogP contribution in [-0.2, 0) is 0 Å². The van der Waals surface area contributed by atoms with Gasteiger partial charge in [0.2, 0.25) is 0 Å². The molecule has 1 N–H and O–H groups in total. The molecule has 2 rings (SSSR count). The Hall–Kier alpha value is -2.15. The van der Waals surface area contributed by atoms with Gasteiger partial charge in [-0.15, -0.1) is 0 Å². The summed E-state index contributed by atoms with van der Waals surface area (Å²) in [5.41, 5.74) is 0.0859. The Balaban J connectivity index is 2.28. The summed E-state index contributed by atoms with van der Waals surface area (Å²) < 4.78 is 0. The third kappa shape index (κ3) is 2.72. The molecule has 0 spiro atoms. The Morgan fingerprint density at radius 1 is 1.50 bits per heavy atom. The molecule has 108 valence electrons. The normalized spacial score (nSPS) is 18.6. The standard InChI is InChI=1S/C13H17N3O4/c1-14(2)10-5-6-15(8-10)9-3-4-12(16(19)20)11(7-9)13(17)18/h3-4,7,10H,5-6,8H2,1-2H3,(H,17,18). The zero-order valence-electron chi connectivity index (χ0n) is 11.4. The molecule has 1 fully saturated rings. The highest BCUT2D eigenvalue weighted by molar-refractivity contribution is 5.93. The average molecular weight is 279 g/mol. The zero-order chi connectivity index (χ0) is 14.9. The summed E-state index contributed by atoms with van der Waals surface area (Å²) in [6.07, 6.45) is 0.992. The van der Waals surface area contributed by atoms with Crippen molar-refractivity contribution < 1.29 is 14.8 Å². The number of rotatable bonds is 4. The number of nitro benzene ring substituents is 1. The number of anilines is 1. The van der Waals surface area contributed by atoms with E-state index < -0.39 is 10.9 Å². The van der Waals surface area contributed by atoms with E-state index >= 15 is 0 Å². The lowest BCUT2D eigenvalue weighted by atomic mass is 10.1. The molecule has 7 heteroatoms. The lowest BCUT2D eigenvalue weighted by molar-refractivity contribution is -0.385. The maximum absolute atomic E-state index is 11.1. The Morgan fingerprint density at radius 2 is 2.20 bits per heavy atom. The van der Waals surface area contributed by atoms with Crippen LogP contribution >= 0.6 is 0 Å². The number of hydrogen-bond acceptors (Lipinski definition) is 5. The van der Waals surface area contributed by atoms with E-state index in [-0.39, 0.29) is 11.3 Å². The summed E-state index contributed by atoms with van der Waals surface area (Å²) in [5.74, 6) is -1.28. The van der Waals surface area contributed by atoms with E-state index in [2.05, 4.69) is 9.80 Å². The van der Waals surface area contributed by atoms with Crippen molar-refractivity contribution in [1.82, 2.24) is 4.90 Å². The first-order chi connectivity index (χ1) is 9.40. The molecule has 1 heterocycles. The third-order valence-corrected chi connectivity index (χ3v) is 3.67. The lowest BCUT2D eigenvalue weighted by Gasteiger charge is -2.22. The maximum Gasteiger partial charge on any atom is 0.342 e. The van der Waals surface area contributed by atoms with E-state index in [1.54, 1.807) is 6.07 Å². The number of benzene rings is 1. The van der Waals surface area contributed by atoms with E-state index in [1.165, 1.54) is 12.1 Å². The van der Waals surface area contributed by atoms with Crippen molar-refractivity contribution >= 4 is 17.3 Å². The predicted octanol–water partition coefficient (Wildman–Crippen LogP) is 1.43. The van der Waals surface area contributed by atoms with Crippen LogP contribution in [0, 0.1) is 10.1 Å². The van der Waals surface area contributed by atoms with Gasteiger partial charge in [0.15, 0.2) is 0 Å². The number of likely N-dealkylation sites (N-methyl/N-ethyl adjacent to an activating group) is 1. The Labute approximate surface area is 116 Å². The fraction of sp³-hybridized carbons (Fsp3) is 0.462. The van der Waals surface area contributed by atoms with Gasteiger partial charge in [0.1, 0.15) is 5.56 Å². The van der Waals surface area contributed by atoms with Gasteiger partial charge in [0.25, 0.3) is 5.69 Å². The molecule has 0 amide bonds. The first kappa shape index (κ1) is 14.3. The molecular formula is C13H17N3O4. The molecule has 0 aliphatic carbocycles. The van der Waals surface area contributed by atoms with Crippen molar-refractivity contribution in [3.8, 4) is 0 Å². The summed E-state index contributed by atoms with van der Waals surface area (Å²) in [7, 11) is 4.01. The molecule has 0 aromatic heterocycles. The number of nitro groups is 1. The van der Waals surface area contributed by atoms with Crippen molar-refractivity contribution in [2.24, 2.45) is 0 Å². The van der Waals surface area contributed by atoms with Gasteiger partial charge in [-0.25, -0.2) is 4.79 Å². The highest BCUT2D eigenvalue weighted by Crippen LogP contribution is 2.28. The highest BCUT2D eigenvalue weighted by atomic mass is 16.6. The molecule has 0 saturated carbocycles. The van der Waals surface area contributed by atoms with Gasteiger partial charge in [-0.1, -0.05) is 0 Å². The molecule has 20 heavy (non-hydrogen) atoms. The van der Waals surface area contributed by atoms with Crippen molar-refractivity contribution in [1.29, 1.82) is 0 Å². The lowest BCUT2D eigenvalue weighted by Crippen LogP contribution is -2.31. The predicted molar refractivity (Wildman–Crippen MR) is 74.4 cm³/mol. The molecule has 1 atom stereocenters. The summed E-state index contributed by atoms with van der Waals surface area (Å²) in [4.78, 5) is 25.5. The first-order valence-corrected chi connectivity index (χ1v) is 6.33.